The van der Waals surface area contributed by atoms with Crippen molar-refractivity contribution >= 4 is 11.6 Å². The summed E-state index contributed by atoms with van der Waals surface area (Å²) in [7, 11) is 0. The summed E-state index contributed by atoms with van der Waals surface area (Å²) in [5, 5.41) is 0. The molecule has 0 rings (SSSR count). The predicted octanol–water partition coefficient (Wildman–Crippen LogP) is 4.16. The summed E-state index contributed by atoms with van der Waals surface area (Å²) in [5.41, 5.74) is 0. The van der Waals surface area contributed by atoms with Gasteiger partial charge in [-0.05, 0) is 0 Å². The standard InChI is InChI=1S/C3H3ClF4.C3H2F4/c4-1-2(5)3(6,7)8;1-2(4)3(5,6)7/h2H,1H2;1H2. The second-order valence-electron chi connectivity index (χ2n) is 2.07. The van der Waals surface area contributed by atoms with E-state index in [9.17, 15) is 35.1 Å². The Bertz CT molecular complexity index is 192. The third-order valence-electron chi connectivity index (χ3n) is 0.798. The number of rotatable bonds is 1. The summed E-state index contributed by atoms with van der Waals surface area (Å²) in [6.07, 6.45) is -12.5. The zero-order valence-electron chi connectivity index (χ0n) is 6.89. The molecule has 0 N–H and O–H groups in total. The minimum atomic E-state index is -4.86. The third-order valence-corrected chi connectivity index (χ3v) is 1.07. The largest absolute Gasteiger partial charge is 0.442 e. The molecule has 0 nitrogen and oxygen atoms in total. The maximum Gasteiger partial charge on any atom is 0.442 e. The maximum atomic E-state index is 11.4. The van der Waals surface area contributed by atoms with Gasteiger partial charge in [0.15, 0.2) is 5.83 Å². The summed E-state index contributed by atoms with van der Waals surface area (Å²) < 4.78 is 87.4. The Labute approximate surface area is 84.5 Å². The summed E-state index contributed by atoms with van der Waals surface area (Å²) in [4.78, 5) is 0. The minimum Gasteiger partial charge on any atom is -0.236 e. The van der Waals surface area contributed by atoms with Gasteiger partial charge in [-0.2, -0.15) is 26.3 Å². The Morgan fingerprint density at radius 1 is 1.13 bits per heavy atom. The van der Waals surface area contributed by atoms with Crippen LogP contribution in [-0.4, -0.2) is 24.4 Å². The lowest BCUT2D eigenvalue weighted by atomic mass is 10.4. The van der Waals surface area contributed by atoms with Gasteiger partial charge in [-0.25, -0.2) is 8.78 Å². The first-order valence-electron chi connectivity index (χ1n) is 3.11. The van der Waals surface area contributed by atoms with Gasteiger partial charge in [0.05, 0.1) is 5.88 Å². The van der Waals surface area contributed by atoms with Gasteiger partial charge in [-0.15, -0.1) is 11.6 Å². The highest BCUT2D eigenvalue weighted by Gasteiger charge is 2.39. The molecule has 0 bridgehead atoms. The quantitative estimate of drug-likeness (QED) is 0.493. The first-order chi connectivity index (χ1) is 6.42. The van der Waals surface area contributed by atoms with Crippen LogP contribution in [0.2, 0.25) is 0 Å². The van der Waals surface area contributed by atoms with Crippen LogP contribution in [0.5, 0.6) is 0 Å². The van der Waals surface area contributed by atoms with Crippen molar-refractivity contribution in [1.82, 2.24) is 0 Å². The Balaban J connectivity index is 0. The molecule has 0 aliphatic rings. The van der Waals surface area contributed by atoms with Gasteiger partial charge in [0.25, 0.3) is 0 Å². The Kier molecular flexibility index (Phi) is 6.91. The predicted molar refractivity (Wildman–Crippen MR) is 38.0 cm³/mol. The van der Waals surface area contributed by atoms with Gasteiger partial charge in [-0.3, -0.25) is 0 Å². The van der Waals surface area contributed by atoms with E-state index in [0.717, 1.165) is 0 Å². The molecular formula is C6H5ClF8. The average molecular weight is 265 g/mol. The maximum absolute atomic E-state index is 11.4. The van der Waals surface area contributed by atoms with E-state index in [4.69, 9.17) is 0 Å². The third kappa shape index (κ3) is 9.77. The van der Waals surface area contributed by atoms with Crippen molar-refractivity contribution < 1.29 is 35.1 Å². The van der Waals surface area contributed by atoms with Gasteiger partial charge >= 0.3 is 12.4 Å². The second kappa shape index (κ2) is 6.14. The smallest absolute Gasteiger partial charge is 0.236 e. The Morgan fingerprint density at radius 2 is 1.40 bits per heavy atom. The van der Waals surface area contributed by atoms with Crippen LogP contribution in [0.15, 0.2) is 12.4 Å². The number of halogens is 9. The molecule has 92 valence electrons. The molecule has 1 unspecified atom stereocenters. The molecule has 0 heterocycles. The van der Waals surface area contributed by atoms with E-state index in [1.54, 1.807) is 0 Å². The van der Waals surface area contributed by atoms with Crippen LogP contribution in [0.3, 0.4) is 0 Å². The van der Waals surface area contributed by atoms with Crippen LogP contribution in [0.25, 0.3) is 0 Å². The van der Waals surface area contributed by atoms with Crippen molar-refractivity contribution in [2.24, 2.45) is 0 Å². The molecular weight excluding hydrogens is 260 g/mol. The Morgan fingerprint density at radius 3 is 1.40 bits per heavy atom. The lowest BCUT2D eigenvalue weighted by Crippen LogP contribution is -2.25. The first kappa shape index (κ1) is 16.9. The highest BCUT2D eigenvalue weighted by atomic mass is 35.5. The van der Waals surface area contributed by atoms with Crippen LogP contribution >= 0.6 is 11.6 Å². The van der Waals surface area contributed by atoms with Gasteiger partial charge < -0.3 is 0 Å². The lowest BCUT2D eigenvalue weighted by Gasteiger charge is -2.06. The summed E-state index contributed by atoms with van der Waals surface area (Å²) in [6.45, 7) is 2.03. The van der Waals surface area contributed by atoms with E-state index in [1.807, 2.05) is 6.58 Å². The summed E-state index contributed by atoms with van der Waals surface area (Å²) in [6, 6.07) is 0. The van der Waals surface area contributed by atoms with Crippen LogP contribution in [0, 0.1) is 0 Å². The van der Waals surface area contributed by atoms with Crippen LogP contribution in [-0.2, 0) is 0 Å². The van der Waals surface area contributed by atoms with Crippen molar-refractivity contribution in [3.8, 4) is 0 Å². The minimum absolute atomic E-state index is 1.02. The van der Waals surface area contributed by atoms with Crippen molar-refractivity contribution in [3.05, 3.63) is 12.4 Å². The van der Waals surface area contributed by atoms with Crippen LogP contribution in [0.4, 0.5) is 35.1 Å². The van der Waals surface area contributed by atoms with Crippen molar-refractivity contribution in [2.75, 3.05) is 5.88 Å². The molecule has 0 saturated carbocycles. The highest BCUT2D eigenvalue weighted by Crippen LogP contribution is 2.24. The van der Waals surface area contributed by atoms with Crippen molar-refractivity contribution in [2.45, 2.75) is 18.5 Å². The van der Waals surface area contributed by atoms with Gasteiger partial charge in [-0.1, -0.05) is 6.58 Å². The van der Waals surface area contributed by atoms with E-state index in [2.05, 4.69) is 11.6 Å². The molecule has 0 aromatic heterocycles. The molecule has 0 spiro atoms. The molecule has 9 heteroatoms. The fourth-order valence-electron chi connectivity index (χ4n) is 0.0875. The van der Waals surface area contributed by atoms with E-state index in [0.29, 0.717) is 0 Å². The molecule has 15 heavy (non-hydrogen) atoms. The van der Waals surface area contributed by atoms with Crippen molar-refractivity contribution in [1.29, 1.82) is 0 Å². The first-order valence-corrected chi connectivity index (χ1v) is 3.64. The normalized spacial score (nSPS) is 13.9. The second-order valence-corrected chi connectivity index (χ2v) is 2.37. The monoisotopic (exact) mass is 264 g/mol. The molecule has 0 amide bonds. The van der Waals surface area contributed by atoms with E-state index in [-0.39, 0.29) is 0 Å². The number of alkyl halides is 8. The number of hydrogen-bond acceptors (Lipinski definition) is 0. The molecule has 0 fully saturated rings. The lowest BCUT2D eigenvalue weighted by molar-refractivity contribution is -0.173. The molecule has 0 aliphatic carbocycles. The van der Waals surface area contributed by atoms with E-state index < -0.39 is 30.2 Å². The van der Waals surface area contributed by atoms with Gasteiger partial charge in [0, 0.05) is 0 Å². The molecule has 0 saturated heterocycles. The average Bonchev–Trinajstić information content (AvgIpc) is 2.00. The number of allylic oxidation sites excluding steroid dienone is 1. The van der Waals surface area contributed by atoms with E-state index >= 15 is 0 Å². The van der Waals surface area contributed by atoms with Crippen molar-refractivity contribution in [3.63, 3.8) is 0 Å². The highest BCUT2D eigenvalue weighted by molar-refractivity contribution is 6.18. The number of hydrogen-bond donors (Lipinski definition) is 0. The fraction of sp³-hybridized carbons (Fsp3) is 0.667. The van der Waals surface area contributed by atoms with Gasteiger partial charge in [0.1, 0.15) is 0 Å². The fourth-order valence-corrected chi connectivity index (χ4v) is 0.262. The van der Waals surface area contributed by atoms with E-state index in [1.165, 1.54) is 0 Å². The summed E-state index contributed by atoms with van der Waals surface area (Å²) in [5.74, 6) is -3.28. The van der Waals surface area contributed by atoms with Crippen LogP contribution in [0.1, 0.15) is 0 Å². The topological polar surface area (TPSA) is 0 Å². The molecule has 0 aromatic carbocycles. The molecule has 0 radical (unpaired) electrons. The van der Waals surface area contributed by atoms with Gasteiger partial charge in [0.2, 0.25) is 6.17 Å². The zero-order chi connectivity index (χ0) is 12.9. The molecule has 0 aliphatic heterocycles. The molecule has 0 aromatic rings. The zero-order valence-corrected chi connectivity index (χ0v) is 7.65. The van der Waals surface area contributed by atoms with Crippen LogP contribution < -0.4 is 0 Å². The SMILES string of the molecule is C=C(F)C(F)(F)F.FC(CCl)C(F)(F)F. The Hall–Kier alpha value is -0.530. The molecule has 1 atom stereocenters. The summed E-state index contributed by atoms with van der Waals surface area (Å²) >= 11 is 4.54.